The number of anilines is 1. The van der Waals surface area contributed by atoms with Gasteiger partial charge in [0.25, 0.3) is 0 Å². The van der Waals surface area contributed by atoms with Crippen LogP contribution in [0.25, 0.3) is 11.4 Å². The van der Waals surface area contributed by atoms with Gasteiger partial charge in [-0.15, -0.1) is 0 Å². The van der Waals surface area contributed by atoms with Crippen LogP contribution < -0.4 is 9.64 Å². The third kappa shape index (κ3) is 4.80. The average Bonchev–Trinajstić information content (AvgIpc) is 2.95. The van der Waals surface area contributed by atoms with Crippen LogP contribution >= 0.6 is 23.8 Å². The molecule has 2 heterocycles. The van der Waals surface area contributed by atoms with E-state index in [1.54, 1.807) is 7.11 Å². The van der Waals surface area contributed by atoms with Crippen LogP contribution in [0.5, 0.6) is 5.75 Å². The molecule has 0 bridgehead atoms. The molecule has 1 N–H and O–H groups in total. The molecule has 0 atom stereocenters. The Morgan fingerprint density at radius 1 is 1.03 bits per heavy atom. The lowest BCUT2D eigenvalue weighted by Crippen LogP contribution is -2.32. The predicted octanol–water partition coefficient (Wildman–Crippen LogP) is 4.44. The number of nitrogens with one attached hydrogen (secondary N) is 1. The van der Waals surface area contributed by atoms with E-state index in [1.165, 1.54) is 5.69 Å². The molecule has 8 heteroatoms. The van der Waals surface area contributed by atoms with Crippen molar-refractivity contribution >= 4 is 29.5 Å². The number of benzene rings is 2. The molecule has 0 spiro atoms. The number of methoxy groups -OCH3 is 1. The molecule has 0 aliphatic carbocycles. The lowest BCUT2D eigenvalue weighted by molar-refractivity contribution is 0.220. The van der Waals surface area contributed by atoms with Crippen molar-refractivity contribution in [3.05, 3.63) is 58.3 Å². The van der Waals surface area contributed by atoms with E-state index in [9.17, 15) is 0 Å². The standard InChI is InChI=1S/C21H24ClN5OS/c1-28-19-9-7-18(8-10-19)26-12-2-11-25(13-14-26)15-27-21(29)23-20(24-27)16-3-5-17(22)6-4-16/h3-10H,2,11-15H2,1H3,(H,23,24,29). The van der Waals surface area contributed by atoms with Gasteiger partial charge in [-0.05, 0) is 67.2 Å². The first-order valence-electron chi connectivity index (χ1n) is 9.66. The van der Waals surface area contributed by atoms with Crippen molar-refractivity contribution in [1.29, 1.82) is 0 Å². The Morgan fingerprint density at radius 2 is 1.79 bits per heavy atom. The molecule has 0 amide bonds. The van der Waals surface area contributed by atoms with Crippen LogP contribution in [0.2, 0.25) is 5.02 Å². The van der Waals surface area contributed by atoms with Crippen molar-refractivity contribution in [2.75, 3.05) is 38.2 Å². The van der Waals surface area contributed by atoms with Gasteiger partial charge in [-0.3, -0.25) is 10.00 Å². The topological polar surface area (TPSA) is 49.3 Å². The second-order valence-corrected chi connectivity index (χ2v) is 7.89. The summed E-state index contributed by atoms with van der Waals surface area (Å²) >= 11 is 11.4. The Labute approximate surface area is 180 Å². The van der Waals surface area contributed by atoms with Crippen LogP contribution in [-0.4, -0.2) is 53.0 Å². The Morgan fingerprint density at radius 3 is 2.52 bits per heavy atom. The summed E-state index contributed by atoms with van der Waals surface area (Å²) in [6.45, 7) is 4.69. The van der Waals surface area contributed by atoms with Gasteiger partial charge < -0.3 is 9.64 Å². The second-order valence-electron chi connectivity index (χ2n) is 7.09. The molecule has 2 aromatic carbocycles. The Kier molecular flexibility index (Phi) is 6.18. The minimum Gasteiger partial charge on any atom is -0.497 e. The summed E-state index contributed by atoms with van der Waals surface area (Å²) in [6.07, 6.45) is 1.09. The zero-order valence-corrected chi connectivity index (χ0v) is 17.9. The summed E-state index contributed by atoms with van der Waals surface area (Å²) in [7, 11) is 1.69. The first-order valence-corrected chi connectivity index (χ1v) is 10.4. The van der Waals surface area contributed by atoms with E-state index in [1.807, 2.05) is 41.1 Å². The van der Waals surface area contributed by atoms with Crippen LogP contribution in [0.15, 0.2) is 48.5 Å². The highest BCUT2D eigenvalue weighted by Crippen LogP contribution is 2.21. The van der Waals surface area contributed by atoms with E-state index < -0.39 is 0 Å². The van der Waals surface area contributed by atoms with E-state index in [0.29, 0.717) is 16.5 Å². The minimum atomic E-state index is 0.561. The lowest BCUT2D eigenvalue weighted by Gasteiger charge is -2.23. The van der Waals surface area contributed by atoms with Gasteiger partial charge in [-0.25, -0.2) is 4.68 Å². The molecule has 3 aromatic rings. The highest BCUT2D eigenvalue weighted by atomic mass is 35.5. The van der Waals surface area contributed by atoms with Crippen molar-refractivity contribution in [2.45, 2.75) is 13.1 Å². The van der Waals surface area contributed by atoms with E-state index in [2.05, 4.69) is 32.0 Å². The van der Waals surface area contributed by atoms with Crippen molar-refractivity contribution in [1.82, 2.24) is 19.7 Å². The Hall–Kier alpha value is -2.35. The summed E-state index contributed by atoms with van der Waals surface area (Å²) in [5.41, 5.74) is 2.21. The third-order valence-corrected chi connectivity index (χ3v) is 5.73. The zero-order chi connectivity index (χ0) is 20.2. The van der Waals surface area contributed by atoms with Gasteiger partial charge in [0, 0.05) is 42.5 Å². The maximum Gasteiger partial charge on any atom is 0.217 e. The number of hydrogen-bond acceptors (Lipinski definition) is 5. The lowest BCUT2D eigenvalue weighted by atomic mass is 10.2. The molecule has 4 rings (SSSR count). The SMILES string of the molecule is COc1ccc(N2CCCN(Cn3[nH]c(-c4ccc(Cl)cc4)nc3=S)CC2)cc1. The molecular formula is C21H24ClN5OS. The van der Waals surface area contributed by atoms with Crippen molar-refractivity contribution in [3.63, 3.8) is 0 Å². The highest BCUT2D eigenvalue weighted by molar-refractivity contribution is 7.71. The summed E-state index contributed by atoms with van der Waals surface area (Å²) in [4.78, 5) is 9.34. The fourth-order valence-electron chi connectivity index (χ4n) is 3.55. The fourth-order valence-corrected chi connectivity index (χ4v) is 3.87. The van der Waals surface area contributed by atoms with Crippen LogP contribution in [0.1, 0.15) is 6.42 Å². The zero-order valence-electron chi connectivity index (χ0n) is 16.3. The van der Waals surface area contributed by atoms with Gasteiger partial charge in [0.15, 0.2) is 5.82 Å². The molecule has 1 aliphatic heterocycles. The normalized spacial score (nSPS) is 15.3. The molecule has 1 fully saturated rings. The number of aromatic amines is 1. The van der Waals surface area contributed by atoms with E-state index >= 15 is 0 Å². The van der Waals surface area contributed by atoms with Crippen molar-refractivity contribution in [2.24, 2.45) is 0 Å². The number of nitrogens with zero attached hydrogens (tertiary/aromatic N) is 4. The van der Waals surface area contributed by atoms with Gasteiger partial charge in [0.1, 0.15) is 5.75 Å². The Bertz CT molecular complexity index is 999. The van der Waals surface area contributed by atoms with E-state index in [4.69, 9.17) is 28.6 Å². The monoisotopic (exact) mass is 429 g/mol. The van der Waals surface area contributed by atoms with Crippen LogP contribution in [-0.2, 0) is 6.67 Å². The minimum absolute atomic E-state index is 0.561. The van der Waals surface area contributed by atoms with Crippen LogP contribution in [0.3, 0.4) is 0 Å². The largest absolute Gasteiger partial charge is 0.497 e. The molecule has 152 valence electrons. The van der Waals surface area contributed by atoms with E-state index in [-0.39, 0.29) is 0 Å². The number of H-pyrrole nitrogens is 1. The van der Waals surface area contributed by atoms with E-state index in [0.717, 1.165) is 49.7 Å². The first kappa shape index (κ1) is 19.9. The molecule has 0 saturated carbocycles. The third-order valence-electron chi connectivity index (χ3n) is 5.16. The number of ether oxygens (including phenoxy) is 1. The highest BCUT2D eigenvalue weighted by Gasteiger charge is 2.16. The second kappa shape index (κ2) is 8.98. The summed E-state index contributed by atoms with van der Waals surface area (Å²) in [5, 5.41) is 4.04. The number of rotatable bonds is 5. The summed E-state index contributed by atoms with van der Waals surface area (Å²) < 4.78 is 7.75. The van der Waals surface area contributed by atoms with Gasteiger partial charge >= 0.3 is 0 Å². The molecule has 6 nitrogen and oxygen atoms in total. The van der Waals surface area contributed by atoms with Crippen molar-refractivity contribution in [3.8, 4) is 17.1 Å². The van der Waals surface area contributed by atoms with Gasteiger partial charge in [0.05, 0.1) is 13.8 Å². The Balaban J connectivity index is 1.41. The smallest absolute Gasteiger partial charge is 0.217 e. The number of aromatic nitrogens is 3. The fraction of sp³-hybridized carbons (Fsp3) is 0.333. The molecule has 1 aromatic heterocycles. The molecule has 29 heavy (non-hydrogen) atoms. The molecule has 1 aliphatic rings. The molecule has 0 unspecified atom stereocenters. The first-order chi connectivity index (χ1) is 14.1. The molecule has 0 radical (unpaired) electrons. The maximum absolute atomic E-state index is 5.98. The van der Waals surface area contributed by atoms with Crippen LogP contribution in [0, 0.1) is 4.77 Å². The number of hydrogen-bond donors (Lipinski definition) is 1. The predicted molar refractivity (Wildman–Crippen MR) is 119 cm³/mol. The quantitative estimate of drug-likeness (QED) is 0.607. The van der Waals surface area contributed by atoms with Crippen LogP contribution in [0.4, 0.5) is 5.69 Å². The molecular weight excluding hydrogens is 406 g/mol. The number of halogens is 1. The summed E-state index contributed by atoms with van der Waals surface area (Å²) in [6, 6.07) is 15.9. The molecule has 1 saturated heterocycles. The maximum atomic E-state index is 5.98. The van der Waals surface area contributed by atoms with Crippen molar-refractivity contribution < 1.29 is 4.74 Å². The van der Waals surface area contributed by atoms with Gasteiger partial charge in [-0.1, -0.05) is 11.6 Å². The van der Waals surface area contributed by atoms with Gasteiger partial charge in [-0.2, -0.15) is 4.98 Å². The van der Waals surface area contributed by atoms with Gasteiger partial charge in [0.2, 0.25) is 4.77 Å². The summed E-state index contributed by atoms with van der Waals surface area (Å²) in [5.74, 6) is 1.65. The average molecular weight is 430 g/mol.